The molecule has 2 atom stereocenters. The molecule has 2 heterocycles. The molecule has 0 spiro atoms. The first-order valence-corrected chi connectivity index (χ1v) is 9.80. The predicted molar refractivity (Wildman–Crippen MR) is 107 cm³/mol. The molecule has 0 radical (unpaired) electrons. The Bertz CT molecular complexity index is 708. The van der Waals surface area contributed by atoms with E-state index in [1.165, 1.54) is 5.56 Å². The Morgan fingerprint density at radius 1 is 1.37 bits per heavy atom. The lowest BCUT2D eigenvalue weighted by Crippen LogP contribution is -2.40. The molecule has 0 aliphatic carbocycles. The number of aryl methyl sites for hydroxylation is 1. The van der Waals surface area contributed by atoms with Gasteiger partial charge in [-0.25, -0.2) is 0 Å². The Morgan fingerprint density at radius 2 is 2.22 bits per heavy atom. The summed E-state index contributed by atoms with van der Waals surface area (Å²) in [5.41, 5.74) is 1.24. The van der Waals surface area contributed by atoms with Gasteiger partial charge in [-0.05, 0) is 18.9 Å². The van der Waals surface area contributed by atoms with Gasteiger partial charge in [-0.3, -0.25) is 4.99 Å². The third kappa shape index (κ3) is 5.79. The van der Waals surface area contributed by atoms with Crippen LogP contribution in [0.4, 0.5) is 0 Å². The molecule has 7 heteroatoms. The van der Waals surface area contributed by atoms with Crippen LogP contribution < -0.4 is 10.6 Å². The van der Waals surface area contributed by atoms with Crippen LogP contribution in [-0.2, 0) is 17.7 Å². The third-order valence-corrected chi connectivity index (χ3v) is 4.84. The number of nitrogens with one attached hydrogen (secondary N) is 2. The molecule has 146 valence electrons. The van der Waals surface area contributed by atoms with Gasteiger partial charge in [-0.2, -0.15) is 0 Å². The lowest BCUT2D eigenvalue weighted by atomic mass is 10.1. The van der Waals surface area contributed by atoms with E-state index in [4.69, 9.17) is 9.73 Å². The average molecular weight is 371 g/mol. The summed E-state index contributed by atoms with van der Waals surface area (Å²) in [6.07, 6.45) is 3.75. The van der Waals surface area contributed by atoms with Crippen molar-refractivity contribution in [3.63, 3.8) is 0 Å². The van der Waals surface area contributed by atoms with E-state index in [9.17, 15) is 0 Å². The summed E-state index contributed by atoms with van der Waals surface area (Å²) < 4.78 is 7.55. The molecule has 1 aliphatic rings. The van der Waals surface area contributed by atoms with Crippen LogP contribution in [0.15, 0.2) is 41.7 Å². The molecule has 2 unspecified atom stereocenters. The SMILES string of the molecule is CCc1nncn1CCNC(=NCC1CCOC1)NC(C)c1ccccc1. The number of hydrogen-bond donors (Lipinski definition) is 2. The van der Waals surface area contributed by atoms with Gasteiger partial charge >= 0.3 is 0 Å². The average Bonchev–Trinajstić information content (AvgIpc) is 3.38. The van der Waals surface area contributed by atoms with Crippen molar-refractivity contribution < 1.29 is 4.74 Å². The number of aliphatic imine (C=N–C) groups is 1. The summed E-state index contributed by atoms with van der Waals surface area (Å²) in [7, 11) is 0. The van der Waals surface area contributed by atoms with Crippen LogP contribution in [0.1, 0.15) is 37.7 Å². The van der Waals surface area contributed by atoms with E-state index in [0.717, 1.165) is 57.5 Å². The van der Waals surface area contributed by atoms with Crippen molar-refractivity contribution in [2.45, 2.75) is 39.3 Å². The quantitative estimate of drug-likeness (QED) is 0.550. The molecule has 1 aromatic carbocycles. The molecule has 7 nitrogen and oxygen atoms in total. The van der Waals surface area contributed by atoms with Crippen molar-refractivity contribution in [2.24, 2.45) is 10.9 Å². The van der Waals surface area contributed by atoms with Crippen molar-refractivity contribution in [1.82, 2.24) is 25.4 Å². The zero-order valence-corrected chi connectivity index (χ0v) is 16.3. The number of rotatable bonds is 8. The van der Waals surface area contributed by atoms with Crippen LogP contribution in [0.5, 0.6) is 0 Å². The minimum Gasteiger partial charge on any atom is -0.381 e. The number of guanidine groups is 1. The zero-order chi connectivity index (χ0) is 18.9. The summed E-state index contributed by atoms with van der Waals surface area (Å²) in [4.78, 5) is 4.81. The first-order chi connectivity index (χ1) is 13.3. The van der Waals surface area contributed by atoms with E-state index in [-0.39, 0.29) is 6.04 Å². The Morgan fingerprint density at radius 3 is 2.96 bits per heavy atom. The van der Waals surface area contributed by atoms with Gasteiger partial charge in [0.2, 0.25) is 0 Å². The smallest absolute Gasteiger partial charge is 0.191 e. The molecule has 1 aromatic heterocycles. The summed E-state index contributed by atoms with van der Waals surface area (Å²) in [5, 5.41) is 15.1. The number of nitrogens with zero attached hydrogens (tertiary/aromatic N) is 4. The van der Waals surface area contributed by atoms with Crippen LogP contribution in [0.25, 0.3) is 0 Å². The normalized spacial score (nSPS) is 18.4. The number of ether oxygens (including phenoxy) is 1. The van der Waals surface area contributed by atoms with Crippen molar-refractivity contribution in [1.29, 1.82) is 0 Å². The molecular formula is C20H30N6O. The molecule has 0 amide bonds. The van der Waals surface area contributed by atoms with Crippen LogP contribution in [0.3, 0.4) is 0 Å². The fourth-order valence-electron chi connectivity index (χ4n) is 3.16. The summed E-state index contributed by atoms with van der Waals surface area (Å²) in [5.74, 6) is 2.36. The molecule has 0 bridgehead atoms. The second kappa shape index (κ2) is 10.1. The van der Waals surface area contributed by atoms with Gasteiger partial charge in [0.1, 0.15) is 12.2 Å². The van der Waals surface area contributed by atoms with Gasteiger partial charge in [0.05, 0.1) is 12.6 Å². The summed E-state index contributed by atoms with van der Waals surface area (Å²) in [6, 6.07) is 10.6. The van der Waals surface area contributed by atoms with Gasteiger partial charge in [0.25, 0.3) is 0 Å². The van der Waals surface area contributed by atoms with Crippen molar-refractivity contribution in [3.8, 4) is 0 Å². The second-order valence-electron chi connectivity index (χ2n) is 6.92. The van der Waals surface area contributed by atoms with Gasteiger partial charge in [0, 0.05) is 38.6 Å². The molecule has 27 heavy (non-hydrogen) atoms. The Hall–Kier alpha value is -2.41. The third-order valence-electron chi connectivity index (χ3n) is 4.84. The van der Waals surface area contributed by atoms with Crippen molar-refractivity contribution >= 4 is 5.96 Å². The largest absolute Gasteiger partial charge is 0.381 e. The van der Waals surface area contributed by atoms with E-state index in [2.05, 4.69) is 63.5 Å². The highest BCUT2D eigenvalue weighted by molar-refractivity contribution is 5.80. The van der Waals surface area contributed by atoms with Gasteiger partial charge in [-0.15, -0.1) is 10.2 Å². The monoisotopic (exact) mass is 370 g/mol. The second-order valence-corrected chi connectivity index (χ2v) is 6.92. The number of aromatic nitrogens is 3. The maximum Gasteiger partial charge on any atom is 0.191 e. The molecule has 1 saturated heterocycles. The minimum absolute atomic E-state index is 0.179. The summed E-state index contributed by atoms with van der Waals surface area (Å²) in [6.45, 7) is 8.26. The van der Waals surface area contributed by atoms with Gasteiger partial charge in [-0.1, -0.05) is 37.3 Å². The van der Waals surface area contributed by atoms with Crippen molar-refractivity contribution in [3.05, 3.63) is 48.0 Å². The molecule has 2 aromatic rings. The Kier molecular flexibility index (Phi) is 7.21. The van der Waals surface area contributed by atoms with Gasteiger partial charge < -0.3 is 19.9 Å². The molecule has 1 aliphatic heterocycles. The van der Waals surface area contributed by atoms with Crippen LogP contribution >= 0.6 is 0 Å². The minimum atomic E-state index is 0.179. The van der Waals surface area contributed by atoms with Crippen LogP contribution in [0.2, 0.25) is 0 Å². The standard InChI is InChI=1S/C20H30N6O/c1-3-19-25-23-15-26(19)11-10-21-20(22-13-17-9-12-27-14-17)24-16(2)18-7-5-4-6-8-18/h4-8,15-17H,3,9-14H2,1-2H3,(H2,21,22,24). The van der Waals surface area contributed by atoms with E-state index in [1.54, 1.807) is 6.33 Å². The molecule has 3 rings (SSSR count). The highest BCUT2D eigenvalue weighted by atomic mass is 16.5. The van der Waals surface area contributed by atoms with E-state index in [0.29, 0.717) is 5.92 Å². The number of hydrogen-bond acceptors (Lipinski definition) is 4. The highest BCUT2D eigenvalue weighted by Crippen LogP contribution is 2.13. The summed E-state index contributed by atoms with van der Waals surface area (Å²) >= 11 is 0. The first-order valence-electron chi connectivity index (χ1n) is 9.80. The lowest BCUT2D eigenvalue weighted by Gasteiger charge is -2.19. The van der Waals surface area contributed by atoms with E-state index >= 15 is 0 Å². The topological polar surface area (TPSA) is 76.4 Å². The molecular weight excluding hydrogens is 340 g/mol. The van der Waals surface area contributed by atoms with Crippen LogP contribution in [-0.4, -0.2) is 47.0 Å². The van der Waals surface area contributed by atoms with Gasteiger partial charge in [0.15, 0.2) is 5.96 Å². The Balaban J connectivity index is 1.59. The molecule has 0 saturated carbocycles. The molecule has 1 fully saturated rings. The zero-order valence-electron chi connectivity index (χ0n) is 16.3. The maximum absolute atomic E-state index is 5.47. The van der Waals surface area contributed by atoms with E-state index < -0.39 is 0 Å². The molecule has 2 N–H and O–H groups in total. The maximum atomic E-state index is 5.47. The highest BCUT2D eigenvalue weighted by Gasteiger charge is 2.16. The Labute approximate surface area is 161 Å². The first kappa shape index (κ1) is 19.4. The van der Waals surface area contributed by atoms with Crippen LogP contribution in [0, 0.1) is 5.92 Å². The fourth-order valence-corrected chi connectivity index (χ4v) is 3.16. The van der Waals surface area contributed by atoms with E-state index in [1.807, 2.05) is 6.07 Å². The number of benzene rings is 1. The lowest BCUT2D eigenvalue weighted by molar-refractivity contribution is 0.187. The fraction of sp³-hybridized carbons (Fsp3) is 0.550. The predicted octanol–water partition coefficient (Wildman–Crippen LogP) is 2.17. The van der Waals surface area contributed by atoms with Crippen molar-refractivity contribution in [2.75, 3.05) is 26.3 Å².